The molecule has 10 nitrogen and oxygen atoms in total. The molecule has 1 amide bonds. The normalized spacial score (nSPS) is 13.3. The first kappa shape index (κ1) is 56.2. The van der Waals surface area contributed by atoms with Crippen LogP contribution < -0.4 is 14.8 Å². The number of anilines is 1. The number of carbonyl (C=O) groups excluding carboxylic acids is 3. The van der Waals surface area contributed by atoms with Gasteiger partial charge in [-0.05, 0) is 176 Å². The van der Waals surface area contributed by atoms with Crippen LogP contribution in [0.15, 0.2) is 209 Å². The van der Waals surface area contributed by atoms with E-state index in [-0.39, 0.29) is 23.9 Å². The Morgan fingerprint density at radius 3 is 1.53 bits per heavy atom. The van der Waals surface area contributed by atoms with Gasteiger partial charge < -0.3 is 14.8 Å². The molecule has 410 valence electrons. The van der Waals surface area contributed by atoms with Crippen molar-refractivity contribution in [1.82, 2.24) is 4.98 Å². The lowest BCUT2D eigenvalue weighted by molar-refractivity contribution is -0.118. The number of benzene rings is 8. The molecular weight excluding hydrogens is 1030 g/mol. The Bertz CT molecular complexity index is 4080. The van der Waals surface area contributed by atoms with Crippen molar-refractivity contribution in [2.45, 2.75) is 80.3 Å². The van der Waals surface area contributed by atoms with Crippen LogP contribution in [0.2, 0.25) is 0 Å². The second kappa shape index (κ2) is 26.0. The smallest absolute Gasteiger partial charge is 0.230 e. The molecule has 0 unspecified atom stereocenters. The number of Topliss-reactive ketones (excluding diaryl/α,β-unsaturated/α-hetero) is 2. The summed E-state index contributed by atoms with van der Waals surface area (Å²) in [6, 6.07) is 61.2. The third-order valence-electron chi connectivity index (χ3n) is 14.6. The summed E-state index contributed by atoms with van der Waals surface area (Å²) in [6.45, 7) is 12.9. The number of ketones is 2. The first-order valence-corrected chi connectivity index (χ1v) is 27.8. The summed E-state index contributed by atoms with van der Waals surface area (Å²) < 4.78 is 11.8. The number of aromatic nitrogens is 1. The number of hydrogen-bond acceptors (Lipinski definition) is 9. The fourth-order valence-electron chi connectivity index (χ4n) is 9.75. The number of nitrogens with zero attached hydrogens (tertiary/aromatic N) is 4. The lowest BCUT2D eigenvalue weighted by atomic mass is 9.99. The lowest BCUT2D eigenvalue weighted by Crippen LogP contribution is -2.15. The van der Waals surface area contributed by atoms with Crippen LogP contribution in [0.5, 0.6) is 17.4 Å². The Labute approximate surface area is 485 Å². The summed E-state index contributed by atoms with van der Waals surface area (Å²) in [5.41, 5.74) is 20.5. The lowest BCUT2D eigenvalue weighted by Gasteiger charge is -2.10. The van der Waals surface area contributed by atoms with E-state index in [4.69, 9.17) is 24.5 Å². The van der Waals surface area contributed by atoms with Gasteiger partial charge in [0.15, 0.2) is 0 Å². The van der Waals surface area contributed by atoms with Gasteiger partial charge >= 0.3 is 0 Å². The van der Waals surface area contributed by atoms with Crippen LogP contribution in [0, 0.1) is 53.4 Å². The standard InChI is InChI=1S/C25H20N2O.C25H23NO2.C23H20N2O2/c1-17-13-23-24(14-18(17)2)27-25(28)16-22(26-23)21-10-6-9-20(15-21)12-11-19-7-4-3-5-8-19;1-17-11-21-13-22(27)15-25(26-24(21)12-18(17)2)20-9-6-10-23(14-20)28-16-19-7-4-3-5-8-19;1-15-10-18-12-19(26)14-22(25-21(18)11-16(15)2)17-6-5-7-20(13-17)27-23-8-3-4-9-24-23/h3-10,13-15H,16H2,1-2H3,(H,27,28);3-12,14H,13,15-16H2,1-2H3;3-11,13H,12,14H2,1-2H3. The quantitative estimate of drug-likeness (QED) is 0.151. The van der Waals surface area contributed by atoms with Gasteiger partial charge in [-0.1, -0.05) is 115 Å². The monoisotopic (exact) mass is 1090 g/mol. The van der Waals surface area contributed by atoms with Gasteiger partial charge in [0, 0.05) is 60.2 Å². The number of fused-ring (bicyclic) bond motifs is 3. The van der Waals surface area contributed by atoms with Gasteiger partial charge in [0.1, 0.15) is 29.7 Å². The molecule has 1 aromatic heterocycles. The first-order chi connectivity index (χ1) is 40.2. The maximum absolute atomic E-state index is 12.5. The molecule has 4 heterocycles. The van der Waals surface area contributed by atoms with E-state index in [0.717, 1.165) is 101 Å². The van der Waals surface area contributed by atoms with Crippen molar-refractivity contribution in [3.8, 4) is 29.2 Å². The molecule has 0 aliphatic carbocycles. The molecule has 3 aliphatic heterocycles. The molecule has 3 aliphatic rings. The van der Waals surface area contributed by atoms with Gasteiger partial charge in [-0.25, -0.2) is 4.98 Å². The van der Waals surface area contributed by atoms with Gasteiger partial charge in [-0.3, -0.25) is 29.4 Å². The predicted molar refractivity (Wildman–Crippen MR) is 333 cm³/mol. The molecule has 12 rings (SSSR count). The van der Waals surface area contributed by atoms with E-state index in [1.165, 1.54) is 22.3 Å². The van der Waals surface area contributed by atoms with Crippen LogP contribution in [0.1, 0.15) is 97.2 Å². The molecule has 0 spiro atoms. The van der Waals surface area contributed by atoms with E-state index in [1.807, 2.05) is 165 Å². The van der Waals surface area contributed by atoms with Crippen LogP contribution in [-0.4, -0.2) is 39.6 Å². The Hall–Kier alpha value is -10.1. The minimum Gasteiger partial charge on any atom is -0.489 e. The number of ether oxygens (including phenoxy) is 2. The van der Waals surface area contributed by atoms with Crippen LogP contribution >= 0.6 is 0 Å². The average Bonchev–Trinajstić information content (AvgIpc) is 3.93. The largest absolute Gasteiger partial charge is 0.489 e. The van der Waals surface area contributed by atoms with Crippen molar-refractivity contribution in [3.63, 3.8) is 0 Å². The van der Waals surface area contributed by atoms with Crippen LogP contribution in [0.3, 0.4) is 0 Å². The second-order valence-corrected chi connectivity index (χ2v) is 21.1. The molecule has 0 radical (unpaired) electrons. The summed E-state index contributed by atoms with van der Waals surface area (Å²) >= 11 is 0. The van der Waals surface area contributed by atoms with E-state index >= 15 is 0 Å². The number of amides is 1. The summed E-state index contributed by atoms with van der Waals surface area (Å²) in [5, 5.41) is 2.97. The fourth-order valence-corrected chi connectivity index (χ4v) is 9.75. The maximum Gasteiger partial charge on any atom is 0.230 e. The van der Waals surface area contributed by atoms with E-state index in [9.17, 15) is 14.4 Å². The summed E-state index contributed by atoms with van der Waals surface area (Å²) in [4.78, 5) is 56.1. The molecule has 83 heavy (non-hydrogen) atoms. The van der Waals surface area contributed by atoms with Crippen LogP contribution in [-0.2, 0) is 33.8 Å². The van der Waals surface area contributed by atoms with Crippen molar-refractivity contribution >= 4 is 57.4 Å². The highest BCUT2D eigenvalue weighted by molar-refractivity contribution is 6.17. The van der Waals surface area contributed by atoms with Crippen LogP contribution in [0.4, 0.5) is 22.7 Å². The fraction of sp³-hybridized carbons (Fsp3) is 0.164. The minimum atomic E-state index is -0.0541. The third-order valence-corrected chi connectivity index (χ3v) is 14.6. The van der Waals surface area contributed by atoms with E-state index < -0.39 is 0 Å². The molecule has 0 saturated heterocycles. The molecule has 1 N–H and O–H groups in total. The Morgan fingerprint density at radius 1 is 0.434 bits per heavy atom. The van der Waals surface area contributed by atoms with Gasteiger partial charge in [-0.2, -0.15) is 0 Å². The Balaban J connectivity index is 0.000000139. The highest BCUT2D eigenvalue weighted by Crippen LogP contribution is 2.34. The van der Waals surface area contributed by atoms with Crippen molar-refractivity contribution in [1.29, 1.82) is 0 Å². The average molecular weight is 1090 g/mol. The van der Waals surface area contributed by atoms with E-state index in [0.29, 0.717) is 43.9 Å². The zero-order valence-corrected chi connectivity index (χ0v) is 47.5. The summed E-state index contributed by atoms with van der Waals surface area (Å²) in [5.74, 6) is 8.66. The minimum absolute atomic E-state index is 0.0541. The Morgan fingerprint density at radius 2 is 0.916 bits per heavy atom. The molecular formula is C73H63N5O5. The number of aliphatic imine (C=N–C) groups is 3. The van der Waals surface area contributed by atoms with Crippen molar-refractivity contribution in [2.75, 3.05) is 5.32 Å². The summed E-state index contributed by atoms with van der Waals surface area (Å²) in [7, 11) is 0. The maximum atomic E-state index is 12.5. The number of hydrogen-bond donors (Lipinski definition) is 1. The van der Waals surface area contributed by atoms with Gasteiger partial charge in [0.25, 0.3) is 0 Å². The number of nitrogens with one attached hydrogen (secondary N) is 1. The first-order valence-electron chi connectivity index (χ1n) is 27.8. The van der Waals surface area contributed by atoms with Crippen molar-refractivity contribution < 1.29 is 23.9 Å². The molecule has 8 aromatic carbocycles. The number of rotatable bonds is 8. The molecule has 9 aromatic rings. The molecule has 0 fully saturated rings. The number of pyridine rings is 1. The topological polar surface area (TPSA) is 132 Å². The molecule has 0 bridgehead atoms. The highest BCUT2D eigenvalue weighted by atomic mass is 16.5. The molecule has 0 atom stereocenters. The van der Waals surface area contributed by atoms with E-state index in [2.05, 4.69) is 81.0 Å². The van der Waals surface area contributed by atoms with E-state index in [1.54, 1.807) is 12.3 Å². The zero-order valence-electron chi connectivity index (χ0n) is 47.5. The van der Waals surface area contributed by atoms with Crippen LogP contribution in [0.25, 0.3) is 0 Å². The second-order valence-electron chi connectivity index (χ2n) is 21.1. The van der Waals surface area contributed by atoms with Gasteiger partial charge in [0.05, 0.1) is 46.3 Å². The molecule has 0 saturated carbocycles. The zero-order chi connectivity index (χ0) is 57.8. The third kappa shape index (κ3) is 14.8. The van der Waals surface area contributed by atoms with Crippen molar-refractivity contribution in [3.05, 3.63) is 272 Å². The number of carbonyl (C=O) groups is 3. The van der Waals surface area contributed by atoms with Gasteiger partial charge in [0.2, 0.25) is 11.8 Å². The number of aryl methyl sites for hydroxylation is 6. The molecule has 10 heteroatoms. The SMILES string of the molecule is Cc1cc2c(cc1C)N=C(c1cccc(OCc3ccccc3)c1)CC(=O)C2.Cc1cc2c(cc1C)N=C(c1cccc(Oc3ccccn3)c1)CC(=O)C2.Cc1cc2c(cc1C)NC(=O)CC(c1cccc(C#Cc3ccccc3)c1)=N2. The van der Waals surface area contributed by atoms with Gasteiger partial charge in [-0.15, -0.1) is 0 Å². The highest BCUT2D eigenvalue weighted by Gasteiger charge is 2.22. The predicted octanol–water partition coefficient (Wildman–Crippen LogP) is 15.8. The Kier molecular flexibility index (Phi) is 17.6. The summed E-state index contributed by atoms with van der Waals surface area (Å²) in [6.07, 6.45) is 3.45. The van der Waals surface area contributed by atoms with Crippen molar-refractivity contribution in [2.24, 2.45) is 15.0 Å².